The molecule has 2 heterocycles. The number of carbonyl (C=O) groups excluding carboxylic acids is 1. The van der Waals surface area contributed by atoms with Gasteiger partial charge in [0.25, 0.3) is 0 Å². The molecule has 168 valence electrons. The van der Waals surface area contributed by atoms with Crippen molar-refractivity contribution in [2.75, 3.05) is 19.7 Å². The van der Waals surface area contributed by atoms with Gasteiger partial charge in [-0.15, -0.1) is 0 Å². The molecule has 33 heavy (non-hydrogen) atoms. The third-order valence-electron chi connectivity index (χ3n) is 6.89. The van der Waals surface area contributed by atoms with Gasteiger partial charge in [-0.05, 0) is 56.2 Å². The number of nitrogens with zero attached hydrogens (tertiary/aromatic N) is 3. The molecule has 1 amide bonds. The van der Waals surface area contributed by atoms with Crippen LogP contribution in [0.25, 0.3) is 21.9 Å². The van der Waals surface area contributed by atoms with Gasteiger partial charge >= 0.3 is 0 Å². The molecule has 1 aliphatic heterocycles. The number of likely N-dealkylation sites (tertiary alicyclic amines) is 1. The Labute approximate surface area is 192 Å². The van der Waals surface area contributed by atoms with Crippen molar-refractivity contribution in [3.8, 4) is 17.9 Å². The van der Waals surface area contributed by atoms with Crippen molar-refractivity contribution in [1.82, 2.24) is 10.2 Å². The van der Waals surface area contributed by atoms with Gasteiger partial charge in [0.1, 0.15) is 11.6 Å². The van der Waals surface area contributed by atoms with Crippen LogP contribution in [-0.2, 0) is 4.79 Å². The quantitative estimate of drug-likeness (QED) is 0.616. The predicted molar refractivity (Wildman–Crippen MR) is 123 cm³/mol. The Kier molecular flexibility index (Phi) is 5.90. The van der Waals surface area contributed by atoms with Crippen LogP contribution in [0.2, 0.25) is 0 Å². The molecule has 3 unspecified atom stereocenters. The first kappa shape index (κ1) is 21.3. The summed E-state index contributed by atoms with van der Waals surface area (Å²) in [6.45, 7) is 1.53. The standard InChI is InChI=1S/C26H26N4O3/c27-13-18-8-10-23(26-25(18)21-5-1-2-6-22(21)33-26)32-16-17-7-9-19(12-17)29-15-24(31)30-11-3-4-20(30)14-28/h1-2,5-6,8,10,17,19-20,29H,3-4,7,9,11-12,15-16H2. The predicted octanol–water partition coefficient (Wildman–Crippen LogP) is 4.11. The summed E-state index contributed by atoms with van der Waals surface area (Å²) in [4.78, 5) is 14.2. The van der Waals surface area contributed by atoms with E-state index in [0.717, 1.165) is 48.5 Å². The van der Waals surface area contributed by atoms with E-state index in [1.54, 1.807) is 11.0 Å². The Morgan fingerprint density at radius 3 is 2.91 bits per heavy atom. The zero-order valence-corrected chi connectivity index (χ0v) is 18.4. The van der Waals surface area contributed by atoms with Gasteiger partial charge in [-0.2, -0.15) is 10.5 Å². The fraction of sp³-hybridized carbons (Fsp3) is 0.423. The first-order chi connectivity index (χ1) is 16.2. The SMILES string of the molecule is N#Cc1ccc(OCC2CCC(NCC(=O)N3CCCC3C#N)C2)c2oc3ccccc3c12. The number of nitriles is 2. The van der Waals surface area contributed by atoms with Gasteiger partial charge < -0.3 is 19.4 Å². The van der Waals surface area contributed by atoms with Crippen molar-refractivity contribution in [3.05, 3.63) is 42.0 Å². The zero-order chi connectivity index (χ0) is 22.8. The van der Waals surface area contributed by atoms with Crippen LogP contribution in [0.4, 0.5) is 0 Å². The van der Waals surface area contributed by atoms with Crippen LogP contribution in [0, 0.1) is 28.6 Å². The lowest BCUT2D eigenvalue weighted by molar-refractivity contribution is -0.130. The van der Waals surface area contributed by atoms with Gasteiger partial charge in [-0.25, -0.2) is 0 Å². The lowest BCUT2D eigenvalue weighted by Crippen LogP contribution is -2.43. The molecule has 0 spiro atoms. The lowest BCUT2D eigenvalue weighted by Gasteiger charge is -2.21. The van der Waals surface area contributed by atoms with E-state index >= 15 is 0 Å². The maximum absolute atomic E-state index is 12.5. The van der Waals surface area contributed by atoms with Crippen LogP contribution in [0.1, 0.15) is 37.7 Å². The minimum atomic E-state index is -0.272. The normalized spacial score (nSPS) is 22.5. The smallest absolute Gasteiger partial charge is 0.237 e. The molecular weight excluding hydrogens is 416 g/mol. The minimum Gasteiger partial charge on any atom is -0.489 e. The van der Waals surface area contributed by atoms with E-state index in [2.05, 4.69) is 17.5 Å². The Balaban J connectivity index is 1.19. The summed E-state index contributed by atoms with van der Waals surface area (Å²) in [6, 6.07) is 15.8. The van der Waals surface area contributed by atoms with Crippen molar-refractivity contribution >= 4 is 27.8 Å². The monoisotopic (exact) mass is 442 g/mol. The first-order valence-electron chi connectivity index (χ1n) is 11.6. The molecule has 5 rings (SSSR count). The Morgan fingerprint density at radius 1 is 1.18 bits per heavy atom. The number of furan rings is 1. The highest BCUT2D eigenvalue weighted by atomic mass is 16.5. The maximum Gasteiger partial charge on any atom is 0.237 e. The van der Waals surface area contributed by atoms with Crippen molar-refractivity contribution in [3.63, 3.8) is 0 Å². The summed E-state index contributed by atoms with van der Waals surface area (Å²) in [7, 11) is 0. The minimum absolute atomic E-state index is 0.0172. The van der Waals surface area contributed by atoms with Crippen molar-refractivity contribution in [1.29, 1.82) is 10.5 Å². The van der Waals surface area contributed by atoms with Gasteiger partial charge in [-0.3, -0.25) is 4.79 Å². The molecular formula is C26H26N4O3. The van der Waals surface area contributed by atoms with Crippen LogP contribution in [0.15, 0.2) is 40.8 Å². The van der Waals surface area contributed by atoms with Crippen molar-refractivity contribution in [2.24, 2.45) is 5.92 Å². The summed E-state index contributed by atoms with van der Waals surface area (Å²) >= 11 is 0. The average Bonchev–Trinajstić information content (AvgIpc) is 3.59. The number of nitrogens with one attached hydrogen (secondary N) is 1. The van der Waals surface area contributed by atoms with Crippen LogP contribution in [0.5, 0.6) is 5.75 Å². The highest BCUT2D eigenvalue weighted by molar-refractivity contribution is 6.09. The number of hydrogen-bond acceptors (Lipinski definition) is 6. The largest absolute Gasteiger partial charge is 0.489 e. The molecule has 2 aliphatic rings. The highest BCUT2D eigenvalue weighted by Gasteiger charge is 2.30. The molecule has 0 bridgehead atoms. The van der Waals surface area contributed by atoms with Crippen molar-refractivity contribution < 1.29 is 13.9 Å². The second kappa shape index (κ2) is 9.13. The van der Waals surface area contributed by atoms with E-state index in [0.29, 0.717) is 36.0 Å². The first-order valence-corrected chi connectivity index (χ1v) is 11.6. The molecule has 1 saturated carbocycles. The Bertz CT molecular complexity index is 1270. The fourth-order valence-electron chi connectivity index (χ4n) is 5.16. The topological polar surface area (TPSA) is 102 Å². The van der Waals surface area contributed by atoms with E-state index in [-0.39, 0.29) is 24.5 Å². The van der Waals surface area contributed by atoms with E-state index in [4.69, 9.17) is 9.15 Å². The zero-order valence-electron chi connectivity index (χ0n) is 18.4. The van der Waals surface area contributed by atoms with Crippen LogP contribution >= 0.6 is 0 Å². The van der Waals surface area contributed by atoms with Gasteiger partial charge in [0.2, 0.25) is 5.91 Å². The maximum atomic E-state index is 12.5. The van der Waals surface area contributed by atoms with Gasteiger partial charge in [0.15, 0.2) is 11.3 Å². The molecule has 1 aromatic heterocycles. The molecule has 1 aliphatic carbocycles. The summed E-state index contributed by atoms with van der Waals surface area (Å²) in [6.07, 6.45) is 4.64. The van der Waals surface area contributed by atoms with Crippen LogP contribution in [0.3, 0.4) is 0 Å². The summed E-state index contributed by atoms with van der Waals surface area (Å²) in [5.74, 6) is 1.05. The van der Waals surface area contributed by atoms with E-state index in [1.165, 1.54) is 0 Å². The molecule has 7 heteroatoms. The number of hydrogen-bond donors (Lipinski definition) is 1. The summed E-state index contributed by atoms with van der Waals surface area (Å²) in [5, 5.41) is 23.8. The van der Waals surface area contributed by atoms with Gasteiger partial charge in [0.05, 0.1) is 30.9 Å². The molecule has 0 radical (unpaired) electrons. The molecule has 2 aromatic carbocycles. The molecule has 3 aromatic rings. The number of para-hydroxylation sites is 1. The van der Waals surface area contributed by atoms with Crippen LogP contribution in [-0.4, -0.2) is 42.6 Å². The van der Waals surface area contributed by atoms with Crippen LogP contribution < -0.4 is 10.1 Å². The average molecular weight is 443 g/mol. The second-order valence-electron chi connectivity index (χ2n) is 8.97. The lowest BCUT2D eigenvalue weighted by atomic mass is 10.1. The van der Waals surface area contributed by atoms with E-state index < -0.39 is 0 Å². The van der Waals surface area contributed by atoms with Gasteiger partial charge in [0, 0.05) is 23.4 Å². The number of rotatable bonds is 6. The Morgan fingerprint density at radius 2 is 2.06 bits per heavy atom. The molecule has 7 nitrogen and oxygen atoms in total. The number of ether oxygens (including phenoxy) is 1. The number of fused-ring (bicyclic) bond motifs is 3. The molecule has 2 fully saturated rings. The molecule has 1 saturated heterocycles. The highest BCUT2D eigenvalue weighted by Crippen LogP contribution is 2.37. The second-order valence-corrected chi connectivity index (χ2v) is 8.97. The Hall–Kier alpha value is -3.55. The van der Waals surface area contributed by atoms with Gasteiger partial charge in [-0.1, -0.05) is 18.2 Å². The number of amides is 1. The fourth-order valence-corrected chi connectivity index (χ4v) is 5.16. The number of carbonyl (C=O) groups is 1. The van der Waals surface area contributed by atoms with Crippen molar-refractivity contribution in [2.45, 2.75) is 44.2 Å². The summed E-state index contributed by atoms with van der Waals surface area (Å²) < 4.78 is 12.2. The number of benzene rings is 2. The molecule has 1 N–H and O–H groups in total. The third kappa shape index (κ3) is 4.13. The molecule has 3 atom stereocenters. The van der Waals surface area contributed by atoms with E-state index in [9.17, 15) is 15.3 Å². The third-order valence-corrected chi connectivity index (χ3v) is 6.89. The van der Waals surface area contributed by atoms with E-state index in [1.807, 2.05) is 30.3 Å². The summed E-state index contributed by atoms with van der Waals surface area (Å²) in [5.41, 5.74) is 1.94.